The molecule has 0 N–H and O–H groups in total. The highest BCUT2D eigenvalue weighted by Crippen LogP contribution is 2.38. The largest absolute Gasteiger partial charge is 0.208 e. The van der Waals surface area contributed by atoms with Crippen LogP contribution in [0.3, 0.4) is 0 Å². The van der Waals surface area contributed by atoms with E-state index in [-0.39, 0.29) is 0 Å². The highest BCUT2D eigenvalue weighted by atomic mass is 15.0. The average Bonchev–Trinajstić information content (AvgIpc) is 3.21. The standard InChI is InChI=1S/C47H33N3/c1-6-18-34(19-7-1)43(35-20-8-2-9-21-35)44(36-22-10-3-11-23-36)41-30-16-28-39(32-41)40-29-17-31-42(33-40)47-49-45(37-24-12-4-13-25-37)48-46(50-47)38-26-14-5-15-27-38/h1-33H. The summed E-state index contributed by atoms with van der Waals surface area (Å²) in [6.45, 7) is 0. The third kappa shape index (κ3) is 6.53. The van der Waals surface area contributed by atoms with Crippen LogP contribution in [0.5, 0.6) is 0 Å². The topological polar surface area (TPSA) is 38.7 Å². The fraction of sp³-hybridized carbons (Fsp3) is 0. The van der Waals surface area contributed by atoms with Crippen molar-refractivity contribution >= 4 is 11.1 Å². The van der Waals surface area contributed by atoms with Crippen LogP contribution in [0, 0.1) is 0 Å². The Morgan fingerprint density at radius 1 is 0.240 bits per heavy atom. The van der Waals surface area contributed by atoms with Crippen molar-refractivity contribution in [1.29, 1.82) is 0 Å². The van der Waals surface area contributed by atoms with Crippen molar-refractivity contribution in [2.75, 3.05) is 0 Å². The summed E-state index contributed by atoms with van der Waals surface area (Å²) in [4.78, 5) is 14.8. The van der Waals surface area contributed by atoms with Crippen LogP contribution in [0.1, 0.15) is 22.3 Å². The van der Waals surface area contributed by atoms with Gasteiger partial charge in [0.2, 0.25) is 0 Å². The Bertz CT molecular complexity index is 2290. The minimum atomic E-state index is 0.635. The normalized spacial score (nSPS) is 10.8. The summed E-state index contributed by atoms with van der Waals surface area (Å²) in [5.41, 5.74) is 12.0. The molecule has 0 aliphatic heterocycles. The lowest BCUT2D eigenvalue weighted by Crippen LogP contribution is -2.00. The number of nitrogens with zero attached hydrogens (tertiary/aromatic N) is 3. The van der Waals surface area contributed by atoms with Crippen LogP contribution >= 0.6 is 0 Å². The third-order valence-corrected chi connectivity index (χ3v) is 8.74. The molecule has 7 aromatic carbocycles. The summed E-state index contributed by atoms with van der Waals surface area (Å²) in [7, 11) is 0. The van der Waals surface area contributed by atoms with Crippen molar-refractivity contribution < 1.29 is 0 Å². The second-order valence-corrected chi connectivity index (χ2v) is 12.0. The van der Waals surface area contributed by atoms with E-state index in [1.165, 1.54) is 22.3 Å². The van der Waals surface area contributed by atoms with E-state index in [4.69, 9.17) is 15.0 Å². The quantitative estimate of drug-likeness (QED) is 0.155. The van der Waals surface area contributed by atoms with E-state index in [0.29, 0.717) is 17.5 Å². The summed E-state index contributed by atoms with van der Waals surface area (Å²) in [6, 6.07) is 69.5. The molecule has 1 heterocycles. The molecular formula is C47H33N3. The maximum atomic E-state index is 4.98. The molecular weight excluding hydrogens is 607 g/mol. The second-order valence-electron chi connectivity index (χ2n) is 12.0. The van der Waals surface area contributed by atoms with Gasteiger partial charge in [-0.25, -0.2) is 15.0 Å². The molecule has 0 saturated heterocycles. The number of hydrogen-bond donors (Lipinski definition) is 0. The van der Waals surface area contributed by atoms with Gasteiger partial charge in [-0.15, -0.1) is 0 Å². The van der Waals surface area contributed by atoms with Crippen LogP contribution < -0.4 is 0 Å². The Morgan fingerprint density at radius 2 is 0.540 bits per heavy atom. The SMILES string of the molecule is c1ccc(C(=C(c2ccccc2)c2cccc(-c3cccc(-c4nc(-c5ccccc5)nc(-c5ccccc5)n4)c3)c2)c2ccccc2)cc1. The molecule has 1 aromatic heterocycles. The summed E-state index contributed by atoms with van der Waals surface area (Å²) in [5, 5.41) is 0. The van der Waals surface area contributed by atoms with Crippen LogP contribution in [0.4, 0.5) is 0 Å². The lowest BCUT2D eigenvalue weighted by Gasteiger charge is -2.19. The first-order chi connectivity index (χ1) is 24.8. The van der Waals surface area contributed by atoms with Gasteiger partial charge in [-0.3, -0.25) is 0 Å². The number of rotatable bonds is 8. The molecule has 0 fully saturated rings. The van der Waals surface area contributed by atoms with Gasteiger partial charge in [0.15, 0.2) is 17.5 Å². The first-order valence-corrected chi connectivity index (χ1v) is 16.8. The second kappa shape index (κ2) is 14.2. The average molecular weight is 640 g/mol. The molecule has 8 rings (SSSR count). The highest BCUT2D eigenvalue weighted by molar-refractivity contribution is 6.05. The van der Waals surface area contributed by atoms with Crippen LogP contribution in [-0.2, 0) is 0 Å². The predicted octanol–water partition coefficient (Wildman–Crippen LogP) is 11.5. The first-order valence-electron chi connectivity index (χ1n) is 16.8. The van der Waals surface area contributed by atoms with E-state index in [1.54, 1.807) is 0 Å². The molecule has 3 nitrogen and oxygen atoms in total. The van der Waals surface area contributed by atoms with Gasteiger partial charge < -0.3 is 0 Å². The summed E-state index contributed by atoms with van der Waals surface area (Å²) in [6.07, 6.45) is 0. The molecule has 3 heteroatoms. The number of aromatic nitrogens is 3. The minimum Gasteiger partial charge on any atom is -0.208 e. The molecule has 0 aliphatic carbocycles. The Labute approximate surface area is 293 Å². The van der Waals surface area contributed by atoms with Gasteiger partial charge in [-0.05, 0) is 56.7 Å². The van der Waals surface area contributed by atoms with Crippen LogP contribution in [0.25, 0.3) is 56.4 Å². The van der Waals surface area contributed by atoms with Crippen molar-refractivity contribution in [2.45, 2.75) is 0 Å². The lowest BCUT2D eigenvalue weighted by molar-refractivity contribution is 1.07. The Morgan fingerprint density at radius 3 is 1.00 bits per heavy atom. The van der Waals surface area contributed by atoms with E-state index < -0.39 is 0 Å². The molecule has 50 heavy (non-hydrogen) atoms. The number of hydrogen-bond acceptors (Lipinski definition) is 3. The molecule has 8 aromatic rings. The highest BCUT2D eigenvalue weighted by Gasteiger charge is 2.17. The molecule has 0 bridgehead atoms. The Kier molecular flexibility index (Phi) is 8.69. The first kappa shape index (κ1) is 30.6. The van der Waals surface area contributed by atoms with E-state index in [2.05, 4.69) is 140 Å². The van der Waals surface area contributed by atoms with Gasteiger partial charge in [-0.1, -0.05) is 188 Å². The van der Waals surface area contributed by atoms with Gasteiger partial charge in [0.05, 0.1) is 0 Å². The Hall–Kier alpha value is -6.71. The molecule has 0 saturated carbocycles. The summed E-state index contributed by atoms with van der Waals surface area (Å²) in [5.74, 6) is 1.93. The summed E-state index contributed by atoms with van der Waals surface area (Å²) >= 11 is 0. The van der Waals surface area contributed by atoms with Crippen LogP contribution in [-0.4, -0.2) is 15.0 Å². The maximum absolute atomic E-state index is 4.98. The van der Waals surface area contributed by atoms with Gasteiger partial charge in [0, 0.05) is 16.7 Å². The van der Waals surface area contributed by atoms with Gasteiger partial charge >= 0.3 is 0 Å². The summed E-state index contributed by atoms with van der Waals surface area (Å²) < 4.78 is 0. The van der Waals surface area contributed by atoms with Crippen molar-refractivity contribution in [3.8, 4) is 45.3 Å². The van der Waals surface area contributed by atoms with Crippen molar-refractivity contribution in [3.63, 3.8) is 0 Å². The van der Waals surface area contributed by atoms with Crippen molar-refractivity contribution in [2.24, 2.45) is 0 Å². The van der Waals surface area contributed by atoms with Crippen molar-refractivity contribution in [3.05, 3.63) is 222 Å². The van der Waals surface area contributed by atoms with Gasteiger partial charge in [0.1, 0.15) is 0 Å². The molecule has 236 valence electrons. The van der Waals surface area contributed by atoms with Crippen LogP contribution in [0.2, 0.25) is 0 Å². The fourth-order valence-corrected chi connectivity index (χ4v) is 6.35. The molecule has 0 amide bonds. The predicted molar refractivity (Wildman–Crippen MR) is 206 cm³/mol. The minimum absolute atomic E-state index is 0.635. The fourth-order valence-electron chi connectivity index (χ4n) is 6.35. The smallest absolute Gasteiger partial charge is 0.164 e. The maximum Gasteiger partial charge on any atom is 0.164 e. The molecule has 0 radical (unpaired) electrons. The molecule has 0 atom stereocenters. The lowest BCUT2D eigenvalue weighted by atomic mass is 9.85. The van der Waals surface area contributed by atoms with Crippen LogP contribution in [0.15, 0.2) is 200 Å². The van der Waals surface area contributed by atoms with E-state index in [0.717, 1.165) is 38.9 Å². The monoisotopic (exact) mass is 639 g/mol. The van der Waals surface area contributed by atoms with E-state index in [1.807, 2.05) is 60.7 Å². The molecule has 0 unspecified atom stereocenters. The van der Waals surface area contributed by atoms with Gasteiger partial charge in [0.25, 0.3) is 0 Å². The van der Waals surface area contributed by atoms with Gasteiger partial charge in [-0.2, -0.15) is 0 Å². The third-order valence-electron chi connectivity index (χ3n) is 8.74. The van der Waals surface area contributed by atoms with E-state index in [9.17, 15) is 0 Å². The Balaban J connectivity index is 1.27. The van der Waals surface area contributed by atoms with Crippen molar-refractivity contribution in [1.82, 2.24) is 15.0 Å². The number of benzene rings is 7. The zero-order chi connectivity index (χ0) is 33.5. The molecule has 0 spiro atoms. The zero-order valence-corrected chi connectivity index (χ0v) is 27.4. The zero-order valence-electron chi connectivity index (χ0n) is 27.4. The van der Waals surface area contributed by atoms with E-state index >= 15 is 0 Å². The molecule has 0 aliphatic rings.